The smallest absolute Gasteiger partial charge is 0.285 e. The Bertz CT molecular complexity index is 628. The minimum absolute atomic E-state index is 0.665. The number of benzene rings is 1. The topological polar surface area (TPSA) is 34.5 Å². The monoisotopic (exact) mass is 269 g/mol. The fraction of sp³-hybridized carbons (Fsp3) is 0.412. The van der Waals surface area contributed by atoms with Crippen LogP contribution in [-0.2, 0) is 0 Å². The average molecular weight is 269 g/mol. The van der Waals surface area contributed by atoms with Crippen molar-refractivity contribution < 1.29 is 9.78 Å². The van der Waals surface area contributed by atoms with Crippen LogP contribution < -0.4 is 9.88 Å². The van der Waals surface area contributed by atoms with Crippen molar-refractivity contribution in [3.05, 3.63) is 35.9 Å². The number of para-hydroxylation sites is 1. The number of hydrogen-bond donors (Lipinski definition) is 0. The van der Waals surface area contributed by atoms with Crippen molar-refractivity contribution in [1.29, 1.82) is 0 Å². The predicted octanol–water partition coefficient (Wildman–Crippen LogP) is 2.95. The van der Waals surface area contributed by atoms with Gasteiger partial charge >= 0.3 is 0 Å². The highest BCUT2D eigenvalue weighted by Crippen LogP contribution is 2.26. The first-order chi connectivity index (χ1) is 9.67. The number of hydrogen-bond acceptors (Lipinski definition) is 2. The molecule has 3 heteroatoms. The maximum absolute atomic E-state index is 11.4. The van der Waals surface area contributed by atoms with Gasteiger partial charge in [-0.05, 0) is 30.4 Å². The number of rotatable bonds is 2. The van der Waals surface area contributed by atoms with E-state index in [1.165, 1.54) is 6.42 Å². The van der Waals surface area contributed by atoms with E-state index in [1.807, 2.05) is 24.3 Å². The lowest BCUT2D eigenvalue weighted by Crippen LogP contribution is -2.42. The van der Waals surface area contributed by atoms with Crippen molar-refractivity contribution in [2.45, 2.75) is 20.3 Å². The molecule has 1 saturated heterocycles. The van der Waals surface area contributed by atoms with E-state index in [0.717, 1.165) is 41.7 Å². The van der Waals surface area contributed by atoms with Crippen molar-refractivity contribution in [3.8, 4) is 0 Å². The highest BCUT2D eigenvalue weighted by atomic mass is 16.1. The van der Waals surface area contributed by atoms with Gasteiger partial charge in [-0.25, -0.2) is 4.98 Å². The molecular weight excluding hydrogens is 248 g/mol. The highest BCUT2D eigenvalue weighted by molar-refractivity contribution is 5.88. The number of aromatic nitrogens is 1. The third kappa shape index (κ3) is 2.40. The number of carbonyl (C=O) groups excluding carboxylic acids is 1. The van der Waals surface area contributed by atoms with Crippen LogP contribution in [0.2, 0.25) is 0 Å². The van der Waals surface area contributed by atoms with Gasteiger partial charge in [0.1, 0.15) is 11.1 Å². The molecule has 1 aromatic carbocycles. The first-order valence-electron chi connectivity index (χ1n) is 7.32. The molecule has 0 unspecified atom stereocenters. The molecule has 2 aromatic rings. The van der Waals surface area contributed by atoms with Crippen molar-refractivity contribution in [2.24, 2.45) is 11.8 Å². The first kappa shape index (κ1) is 13.1. The Kier molecular flexibility index (Phi) is 3.43. The molecule has 3 nitrogen and oxygen atoms in total. The van der Waals surface area contributed by atoms with Crippen LogP contribution in [0.4, 0.5) is 5.82 Å². The van der Waals surface area contributed by atoms with Gasteiger partial charge in [-0.3, -0.25) is 9.69 Å². The molecule has 0 spiro atoms. The molecule has 104 valence electrons. The number of aromatic amines is 1. The fourth-order valence-electron chi connectivity index (χ4n) is 3.37. The molecule has 3 rings (SSSR count). The number of aldehydes is 1. The summed E-state index contributed by atoms with van der Waals surface area (Å²) in [6.07, 6.45) is 2.22. The van der Waals surface area contributed by atoms with Gasteiger partial charge < -0.3 is 0 Å². The molecule has 0 aliphatic carbocycles. The molecule has 2 heterocycles. The number of H-pyrrole nitrogens is 1. The average Bonchev–Trinajstić information content (AvgIpc) is 2.44. The number of fused-ring (bicyclic) bond motifs is 1. The fourth-order valence-corrected chi connectivity index (χ4v) is 3.37. The van der Waals surface area contributed by atoms with Crippen LogP contribution in [0.15, 0.2) is 30.3 Å². The largest absolute Gasteiger partial charge is 0.298 e. The van der Waals surface area contributed by atoms with Crippen molar-refractivity contribution in [1.82, 2.24) is 0 Å². The first-order valence-corrected chi connectivity index (χ1v) is 7.32. The van der Waals surface area contributed by atoms with Gasteiger partial charge in [0.15, 0.2) is 6.29 Å². The normalized spacial score (nSPS) is 23.0. The number of pyridine rings is 1. The van der Waals surface area contributed by atoms with E-state index in [2.05, 4.69) is 29.8 Å². The molecule has 2 atom stereocenters. The van der Waals surface area contributed by atoms with Crippen LogP contribution in [0.5, 0.6) is 0 Å². The summed E-state index contributed by atoms with van der Waals surface area (Å²) in [4.78, 5) is 17.2. The van der Waals surface area contributed by atoms with Crippen LogP contribution in [0.3, 0.4) is 0 Å². The van der Waals surface area contributed by atoms with Crippen molar-refractivity contribution in [2.75, 3.05) is 18.0 Å². The lowest BCUT2D eigenvalue weighted by atomic mass is 9.91. The molecule has 0 bridgehead atoms. The minimum Gasteiger partial charge on any atom is -0.298 e. The van der Waals surface area contributed by atoms with Crippen molar-refractivity contribution in [3.63, 3.8) is 0 Å². The lowest BCUT2D eigenvalue weighted by molar-refractivity contribution is -0.331. The highest BCUT2D eigenvalue weighted by Gasteiger charge is 2.30. The minimum atomic E-state index is 0.665. The molecule has 1 aliphatic heterocycles. The van der Waals surface area contributed by atoms with E-state index in [0.29, 0.717) is 11.8 Å². The Balaban J connectivity index is 2.07. The quantitative estimate of drug-likeness (QED) is 0.786. The van der Waals surface area contributed by atoms with Gasteiger partial charge in [0.05, 0.1) is 13.1 Å². The summed E-state index contributed by atoms with van der Waals surface area (Å²) in [6.45, 7) is 6.59. The summed E-state index contributed by atoms with van der Waals surface area (Å²) in [5, 5.41) is 1.08. The summed E-state index contributed by atoms with van der Waals surface area (Å²) in [6, 6.07) is 10.1. The van der Waals surface area contributed by atoms with Crippen LogP contribution >= 0.6 is 0 Å². The molecule has 20 heavy (non-hydrogen) atoms. The van der Waals surface area contributed by atoms with E-state index < -0.39 is 0 Å². The predicted molar refractivity (Wildman–Crippen MR) is 81.0 cm³/mol. The van der Waals surface area contributed by atoms with Gasteiger partial charge in [0.2, 0.25) is 0 Å². The summed E-state index contributed by atoms with van der Waals surface area (Å²) < 4.78 is 0. The van der Waals surface area contributed by atoms with Crippen molar-refractivity contribution >= 4 is 23.0 Å². The second-order valence-corrected chi connectivity index (χ2v) is 6.13. The van der Waals surface area contributed by atoms with E-state index in [1.54, 1.807) is 0 Å². The molecule has 0 amide bonds. The number of carbonyl (C=O) groups is 1. The molecule has 1 fully saturated rings. The Morgan fingerprint density at radius 3 is 2.60 bits per heavy atom. The van der Waals surface area contributed by atoms with Crippen LogP contribution in [0.1, 0.15) is 30.6 Å². The van der Waals surface area contributed by atoms with E-state index >= 15 is 0 Å². The SMILES string of the molecule is C[C@H]1C[C@H](C)CN(c2[nH+]c3ccccc3cc2C=O)C1. The zero-order chi connectivity index (χ0) is 14.1. The van der Waals surface area contributed by atoms with Gasteiger partial charge in [-0.1, -0.05) is 32.0 Å². The molecule has 1 aliphatic rings. The summed E-state index contributed by atoms with van der Waals surface area (Å²) in [5.41, 5.74) is 1.84. The maximum Gasteiger partial charge on any atom is 0.285 e. The molecule has 0 radical (unpaired) electrons. The zero-order valence-electron chi connectivity index (χ0n) is 12.1. The summed E-state index contributed by atoms with van der Waals surface area (Å²) in [7, 11) is 0. The van der Waals surface area contributed by atoms with E-state index in [4.69, 9.17) is 0 Å². The summed E-state index contributed by atoms with van der Waals surface area (Å²) in [5.74, 6) is 2.30. The third-order valence-electron chi connectivity index (χ3n) is 4.11. The van der Waals surface area contributed by atoms with Gasteiger partial charge in [-0.15, -0.1) is 0 Å². The Hall–Kier alpha value is -1.90. The standard InChI is InChI=1S/C17H20N2O/c1-12-7-13(2)10-19(9-12)17-15(11-20)8-14-5-3-4-6-16(14)18-17/h3-6,8,11-13H,7,9-10H2,1-2H3/p+1/t12-,13-/m0/s1. The number of nitrogens with zero attached hydrogens (tertiary/aromatic N) is 1. The van der Waals surface area contributed by atoms with E-state index in [-0.39, 0.29) is 0 Å². The van der Waals surface area contributed by atoms with E-state index in [9.17, 15) is 4.79 Å². The second kappa shape index (κ2) is 5.23. The van der Waals surface area contributed by atoms with Crippen LogP contribution in [0, 0.1) is 11.8 Å². The Morgan fingerprint density at radius 2 is 1.90 bits per heavy atom. The molecule has 0 saturated carbocycles. The van der Waals surface area contributed by atoms with Gasteiger partial charge in [0, 0.05) is 5.39 Å². The van der Waals surface area contributed by atoms with Gasteiger partial charge in [0.25, 0.3) is 5.82 Å². The maximum atomic E-state index is 11.4. The Morgan fingerprint density at radius 1 is 1.20 bits per heavy atom. The molecular formula is C17H21N2O+. The second-order valence-electron chi connectivity index (χ2n) is 6.13. The number of piperidine rings is 1. The zero-order valence-corrected chi connectivity index (χ0v) is 12.1. The Labute approximate surface area is 119 Å². The van der Waals surface area contributed by atoms with Gasteiger partial charge in [-0.2, -0.15) is 0 Å². The number of anilines is 1. The lowest BCUT2D eigenvalue weighted by Gasteiger charge is -2.30. The molecule has 1 N–H and O–H groups in total. The number of nitrogens with one attached hydrogen (secondary N) is 1. The van der Waals surface area contributed by atoms with Crippen LogP contribution in [-0.4, -0.2) is 19.4 Å². The van der Waals surface area contributed by atoms with Crippen LogP contribution in [0.25, 0.3) is 10.9 Å². The third-order valence-corrected chi connectivity index (χ3v) is 4.11. The summed E-state index contributed by atoms with van der Waals surface area (Å²) >= 11 is 0. The molecule has 1 aromatic heterocycles.